The summed E-state index contributed by atoms with van der Waals surface area (Å²) in [6.45, 7) is 2.19. The Morgan fingerprint density at radius 3 is 2.92 bits per heavy atom. The summed E-state index contributed by atoms with van der Waals surface area (Å²) in [6, 6.07) is 12.7. The van der Waals surface area contributed by atoms with Crippen LogP contribution >= 0.6 is 0 Å². The van der Waals surface area contributed by atoms with Gasteiger partial charge in [-0.25, -0.2) is 0 Å². The predicted molar refractivity (Wildman–Crippen MR) is 95.4 cm³/mol. The molecule has 0 aliphatic carbocycles. The molecule has 7 nitrogen and oxygen atoms in total. The number of benzene rings is 1. The molecule has 0 saturated heterocycles. The van der Waals surface area contributed by atoms with Crippen molar-refractivity contribution in [2.24, 2.45) is 0 Å². The zero-order valence-electron chi connectivity index (χ0n) is 14.2. The summed E-state index contributed by atoms with van der Waals surface area (Å²) in [7, 11) is 0. The van der Waals surface area contributed by atoms with Gasteiger partial charge in [-0.05, 0) is 30.7 Å². The molecule has 26 heavy (non-hydrogen) atoms. The first-order valence-corrected chi connectivity index (χ1v) is 8.03. The van der Waals surface area contributed by atoms with Crippen LogP contribution in [0.3, 0.4) is 0 Å². The van der Waals surface area contributed by atoms with Gasteiger partial charge in [-0.2, -0.15) is 10.4 Å². The summed E-state index contributed by atoms with van der Waals surface area (Å²) >= 11 is 0. The monoisotopic (exact) mass is 347 g/mol. The predicted octanol–water partition coefficient (Wildman–Crippen LogP) is 2.60. The zero-order valence-corrected chi connectivity index (χ0v) is 14.2. The van der Waals surface area contributed by atoms with Crippen LogP contribution in [-0.4, -0.2) is 26.8 Å². The molecule has 1 amide bonds. The van der Waals surface area contributed by atoms with E-state index in [4.69, 9.17) is 10.00 Å². The average Bonchev–Trinajstić information content (AvgIpc) is 3.09. The Balaban J connectivity index is 1.60. The van der Waals surface area contributed by atoms with Crippen molar-refractivity contribution in [2.45, 2.75) is 19.6 Å². The minimum absolute atomic E-state index is 0.321. The summed E-state index contributed by atoms with van der Waals surface area (Å²) < 4.78 is 7.31. The topological polar surface area (TPSA) is 92.8 Å². The Labute approximate surface area is 150 Å². The van der Waals surface area contributed by atoms with Crippen LogP contribution in [0.1, 0.15) is 18.1 Å². The maximum Gasteiger partial charge on any atom is 0.265 e. The molecule has 3 aromatic rings. The van der Waals surface area contributed by atoms with Gasteiger partial charge in [0.15, 0.2) is 6.10 Å². The fourth-order valence-corrected chi connectivity index (χ4v) is 2.34. The molecule has 0 bridgehead atoms. The summed E-state index contributed by atoms with van der Waals surface area (Å²) in [5.41, 5.74) is 1.97. The number of para-hydroxylation sites is 1. The molecule has 0 fully saturated rings. The number of pyridine rings is 1. The number of nitriles is 1. The van der Waals surface area contributed by atoms with E-state index in [1.54, 1.807) is 60.7 Å². The standard InChI is InChI=1S/C19H17N5O2/c1-14(26-18-7-3-2-6-16(18)9-20)19(25)23-17-11-22-24(13-17)12-15-5-4-8-21-10-15/h2-8,10-11,13-14H,12H2,1H3,(H,23,25)/t14-/m0/s1. The Kier molecular flexibility index (Phi) is 5.25. The van der Waals surface area contributed by atoms with Crippen molar-refractivity contribution in [1.29, 1.82) is 5.26 Å². The van der Waals surface area contributed by atoms with Gasteiger partial charge in [0.05, 0.1) is 24.0 Å². The molecule has 2 heterocycles. The third-order valence-corrected chi connectivity index (χ3v) is 3.65. The Hall–Kier alpha value is -3.66. The molecule has 0 radical (unpaired) electrons. The summed E-state index contributed by atoms with van der Waals surface area (Å²) in [6.07, 6.45) is 6.03. The third kappa shape index (κ3) is 4.24. The van der Waals surface area contributed by atoms with E-state index in [0.29, 0.717) is 23.5 Å². The summed E-state index contributed by atoms with van der Waals surface area (Å²) in [5.74, 6) is 0.0589. The molecule has 0 aliphatic heterocycles. The number of nitrogens with zero attached hydrogens (tertiary/aromatic N) is 4. The lowest BCUT2D eigenvalue weighted by Crippen LogP contribution is -2.30. The number of aromatic nitrogens is 3. The van der Waals surface area contributed by atoms with Gasteiger partial charge in [0.1, 0.15) is 11.8 Å². The summed E-state index contributed by atoms with van der Waals surface area (Å²) in [5, 5.41) is 16.1. The van der Waals surface area contributed by atoms with Crippen LogP contribution < -0.4 is 10.1 Å². The number of carbonyl (C=O) groups excluding carboxylic acids is 1. The molecule has 0 spiro atoms. The van der Waals surface area contributed by atoms with E-state index in [-0.39, 0.29) is 5.91 Å². The second-order valence-electron chi connectivity index (χ2n) is 5.65. The maximum atomic E-state index is 12.3. The molecule has 1 N–H and O–H groups in total. The molecule has 0 saturated carbocycles. The van der Waals surface area contributed by atoms with Gasteiger partial charge < -0.3 is 10.1 Å². The van der Waals surface area contributed by atoms with E-state index in [0.717, 1.165) is 5.56 Å². The van der Waals surface area contributed by atoms with Gasteiger partial charge in [-0.3, -0.25) is 14.5 Å². The highest BCUT2D eigenvalue weighted by Crippen LogP contribution is 2.18. The normalized spacial score (nSPS) is 11.4. The second kappa shape index (κ2) is 7.94. The number of anilines is 1. The molecule has 1 atom stereocenters. The molecule has 130 valence electrons. The molecular weight excluding hydrogens is 330 g/mol. The number of ether oxygens (including phenoxy) is 1. The van der Waals surface area contributed by atoms with E-state index in [2.05, 4.69) is 15.4 Å². The van der Waals surface area contributed by atoms with Gasteiger partial charge in [0.2, 0.25) is 0 Å². The number of carbonyl (C=O) groups is 1. The van der Waals surface area contributed by atoms with Crippen LogP contribution in [0.4, 0.5) is 5.69 Å². The van der Waals surface area contributed by atoms with E-state index in [1.165, 1.54) is 0 Å². The fourth-order valence-electron chi connectivity index (χ4n) is 2.34. The zero-order chi connectivity index (χ0) is 18.4. The minimum atomic E-state index is -0.758. The SMILES string of the molecule is C[C@H](Oc1ccccc1C#N)C(=O)Nc1cnn(Cc2cccnc2)c1. The maximum absolute atomic E-state index is 12.3. The van der Waals surface area contributed by atoms with Crippen molar-refractivity contribution in [3.63, 3.8) is 0 Å². The van der Waals surface area contributed by atoms with E-state index >= 15 is 0 Å². The average molecular weight is 347 g/mol. The van der Waals surface area contributed by atoms with Gasteiger partial charge in [0, 0.05) is 18.6 Å². The number of hydrogen-bond donors (Lipinski definition) is 1. The van der Waals surface area contributed by atoms with Crippen LogP contribution in [0, 0.1) is 11.3 Å². The smallest absolute Gasteiger partial charge is 0.265 e. The molecule has 0 aliphatic rings. The number of nitrogens with one attached hydrogen (secondary N) is 1. The van der Waals surface area contributed by atoms with E-state index < -0.39 is 6.10 Å². The quantitative estimate of drug-likeness (QED) is 0.740. The first-order chi connectivity index (χ1) is 12.7. The highest BCUT2D eigenvalue weighted by atomic mass is 16.5. The molecule has 3 rings (SSSR count). The van der Waals surface area contributed by atoms with Crippen molar-refractivity contribution in [3.05, 3.63) is 72.3 Å². The van der Waals surface area contributed by atoms with Crippen molar-refractivity contribution in [3.8, 4) is 11.8 Å². The molecule has 1 aromatic carbocycles. The Morgan fingerprint density at radius 2 is 2.15 bits per heavy atom. The molecule has 0 unspecified atom stereocenters. The van der Waals surface area contributed by atoms with Crippen LogP contribution in [0.2, 0.25) is 0 Å². The minimum Gasteiger partial charge on any atom is -0.480 e. The number of amides is 1. The first-order valence-electron chi connectivity index (χ1n) is 8.03. The van der Waals surface area contributed by atoms with Crippen molar-refractivity contribution < 1.29 is 9.53 Å². The number of rotatable bonds is 6. The van der Waals surface area contributed by atoms with Crippen LogP contribution in [0.25, 0.3) is 0 Å². The van der Waals surface area contributed by atoms with Gasteiger partial charge >= 0.3 is 0 Å². The van der Waals surface area contributed by atoms with E-state index in [1.807, 2.05) is 18.2 Å². The van der Waals surface area contributed by atoms with Crippen molar-refractivity contribution >= 4 is 11.6 Å². The Bertz CT molecular complexity index is 930. The largest absolute Gasteiger partial charge is 0.480 e. The van der Waals surface area contributed by atoms with Crippen LogP contribution in [0.5, 0.6) is 5.75 Å². The van der Waals surface area contributed by atoms with Crippen molar-refractivity contribution in [1.82, 2.24) is 14.8 Å². The molecule has 2 aromatic heterocycles. The van der Waals surface area contributed by atoms with Crippen LogP contribution in [-0.2, 0) is 11.3 Å². The van der Waals surface area contributed by atoms with Crippen LogP contribution in [0.15, 0.2) is 61.2 Å². The highest BCUT2D eigenvalue weighted by molar-refractivity contribution is 5.93. The second-order valence-corrected chi connectivity index (χ2v) is 5.65. The van der Waals surface area contributed by atoms with Gasteiger partial charge in [-0.15, -0.1) is 0 Å². The lowest BCUT2D eigenvalue weighted by molar-refractivity contribution is -0.122. The lowest BCUT2D eigenvalue weighted by atomic mass is 10.2. The number of hydrogen-bond acceptors (Lipinski definition) is 5. The fraction of sp³-hybridized carbons (Fsp3) is 0.158. The van der Waals surface area contributed by atoms with Gasteiger partial charge in [0.25, 0.3) is 5.91 Å². The first kappa shape index (κ1) is 17.2. The lowest BCUT2D eigenvalue weighted by Gasteiger charge is -2.14. The Morgan fingerprint density at radius 1 is 1.31 bits per heavy atom. The highest BCUT2D eigenvalue weighted by Gasteiger charge is 2.17. The van der Waals surface area contributed by atoms with Crippen molar-refractivity contribution in [2.75, 3.05) is 5.32 Å². The van der Waals surface area contributed by atoms with Gasteiger partial charge in [-0.1, -0.05) is 18.2 Å². The molecule has 7 heteroatoms. The van der Waals surface area contributed by atoms with E-state index in [9.17, 15) is 4.79 Å². The third-order valence-electron chi connectivity index (χ3n) is 3.65. The summed E-state index contributed by atoms with van der Waals surface area (Å²) in [4.78, 5) is 16.4. The molecular formula is C19H17N5O2.